The van der Waals surface area contributed by atoms with Crippen LogP contribution in [0, 0.1) is 0 Å². The van der Waals surface area contributed by atoms with Crippen LogP contribution in [0.2, 0.25) is 0 Å². The van der Waals surface area contributed by atoms with E-state index in [1.807, 2.05) is 12.1 Å². The van der Waals surface area contributed by atoms with Crippen LogP contribution in [0.1, 0.15) is 21.5 Å². The van der Waals surface area contributed by atoms with Gasteiger partial charge in [-0.15, -0.1) is 11.8 Å². The predicted molar refractivity (Wildman–Crippen MR) is 81.0 cm³/mol. The predicted octanol–water partition coefficient (Wildman–Crippen LogP) is 4.70. The van der Waals surface area contributed by atoms with Crippen LogP contribution in [0.5, 0.6) is 5.75 Å². The highest BCUT2D eigenvalue weighted by atomic mass is 32.2. The molecule has 0 bridgehead atoms. The second kappa shape index (κ2) is 6.95. The lowest BCUT2D eigenvalue weighted by molar-refractivity contribution is -0.137. The van der Waals surface area contributed by atoms with Gasteiger partial charge in [0.2, 0.25) is 0 Å². The number of hydrogen-bond acceptors (Lipinski definition) is 3. The molecule has 1 N–H and O–H groups in total. The average Bonchev–Trinajstić information content (AvgIpc) is 2.52. The summed E-state index contributed by atoms with van der Waals surface area (Å²) in [6.07, 6.45) is -4.57. The highest BCUT2D eigenvalue weighted by Gasteiger charge is 2.31. The Morgan fingerprint density at radius 3 is 2.35 bits per heavy atom. The zero-order chi connectivity index (χ0) is 17.0. The Morgan fingerprint density at radius 1 is 1.17 bits per heavy atom. The fourth-order valence-corrected chi connectivity index (χ4v) is 2.86. The molecule has 3 nitrogen and oxygen atoms in total. The van der Waals surface area contributed by atoms with E-state index in [1.165, 1.54) is 17.8 Å². The van der Waals surface area contributed by atoms with E-state index < -0.39 is 17.7 Å². The molecule has 0 spiro atoms. The topological polar surface area (TPSA) is 46.5 Å². The molecule has 0 saturated heterocycles. The third-order valence-electron chi connectivity index (χ3n) is 3.09. The van der Waals surface area contributed by atoms with Crippen LogP contribution in [-0.4, -0.2) is 18.2 Å². The van der Waals surface area contributed by atoms with E-state index >= 15 is 0 Å². The van der Waals surface area contributed by atoms with Crippen molar-refractivity contribution in [2.75, 3.05) is 7.11 Å². The molecule has 0 amide bonds. The van der Waals surface area contributed by atoms with Crippen molar-refractivity contribution in [3.8, 4) is 5.75 Å². The third kappa shape index (κ3) is 4.41. The number of aromatic carboxylic acids is 1. The zero-order valence-electron chi connectivity index (χ0n) is 12.1. The highest BCUT2D eigenvalue weighted by molar-refractivity contribution is 7.98. The molecule has 0 saturated carbocycles. The second-order valence-electron chi connectivity index (χ2n) is 4.65. The van der Waals surface area contributed by atoms with Gasteiger partial charge in [-0.1, -0.05) is 12.1 Å². The van der Waals surface area contributed by atoms with Crippen molar-refractivity contribution in [3.05, 3.63) is 59.2 Å². The third-order valence-corrected chi connectivity index (χ3v) is 4.24. The van der Waals surface area contributed by atoms with E-state index in [-0.39, 0.29) is 5.56 Å². The molecule has 0 aliphatic rings. The monoisotopic (exact) mass is 342 g/mol. The molecule has 122 valence electrons. The molecule has 0 aromatic heterocycles. The highest BCUT2D eigenvalue weighted by Crippen LogP contribution is 2.34. The van der Waals surface area contributed by atoms with E-state index in [0.29, 0.717) is 22.5 Å². The molecule has 0 atom stereocenters. The minimum absolute atomic E-state index is 0.293. The number of rotatable bonds is 5. The van der Waals surface area contributed by atoms with Crippen molar-refractivity contribution in [2.45, 2.75) is 16.8 Å². The molecule has 2 rings (SSSR count). The normalized spacial score (nSPS) is 11.3. The Labute approximate surface area is 135 Å². The molecule has 2 aromatic rings. The summed E-state index contributed by atoms with van der Waals surface area (Å²) in [6, 6.07) is 9.91. The molecule has 2 aromatic carbocycles. The fourth-order valence-electron chi connectivity index (χ4n) is 1.88. The number of alkyl halides is 3. The smallest absolute Gasteiger partial charge is 0.416 e. The van der Waals surface area contributed by atoms with Crippen molar-refractivity contribution in [3.63, 3.8) is 0 Å². The van der Waals surface area contributed by atoms with Gasteiger partial charge in [-0.3, -0.25) is 0 Å². The van der Waals surface area contributed by atoms with Gasteiger partial charge in [-0.05, 0) is 35.9 Å². The first-order chi connectivity index (χ1) is 10.8. The summed E-state index contributed by atoms with van der Waals surface area (Å²) in [5.74, 6) is -0.247. The number of halogens is 3. The molecule has 0 unspecified atom stereocenters. The number of carboxylic acid groups (broad SMARTS) is 1. The molecule has 7 heteroatoms. The molecule has 0 aliphatic heterocycles. The Hall–Kier alpha value is -2.15. The van der Waals surface area contributed by atoms with Crippen molar-refractivity contribution < 1.29 is 27.8 Å². The molecule has 0 radical (unpaired) electrons. The van der Waals surface area contributed by atoms with Crippen LogP contribution in [0.25, 0.3) is 0 Å². The zero-order valence-corrected chi connectivity index (χ0v) is 12.9. The van der Waals surface area contributed by atoms with Crippen LogP contribution >= 0.6 is 11.8 Å². The van der Waals surface area contributed by atoms with Crippen LogP contribution < -0.4 is 4.74 Å². The van der Waals surface area contributed by atoms with E-state index in [4.69, 9.17) is 9.84 Å². The first-order valence-corrected chi connectivity index (χ1v) is 7.50. The summed E-state index contributed by atoms with van der Waals surface area (Å²) in [6.45, 7) is 0. The summed E-state index contributed by atoms with van der Waals surface area (Å²) in [5.41, 5.74) is -0.408. The Kier molecular flexibility index (Phi) is 5.20. The minimum atomic E-state index is -4.57. The van der Waals surface area contributed by atoms with Gasteiger partial charge in [-0.2, -0.15) is 13.2 Å². The van der Waals surface area contributed by atoms with Crippen molar-refractivity contribution in [2.24, 2.45) is 0 Å². The number of ether oxygens (including phenoxy) is 1. The van der Waals surface area contributed by atoms with Gasteiger partial charge in [0.05, 0.1) is 18.2 Å². The lowest BCUT2D eigenvalue weighted by atomic mass is 10.1. The quantitative estimate of drug-likeness (QED) is 0.800. The number of benzene rings is 2. The standard InChI is InChI=1S/C16H13F3O3S/c1-22-12-5-2-10(3-6-12)9-23-14-7-4-11(16(17,18)19)8-13(14)15(20)21/h2-8H,9H2,1H3,(H,20,21). The number of carbonyl (C=O) groups is 1. The van der Waals surface area contributed by atoms with E-state index in [1.54, 1.807) is 19.2 Å². The lowest BCUT2D eigenvalue weighted by Gasteiger charge is -2.11. The van der Waals surface area contributed by atoms with Crippen molar-refractivity contribution >= 4 is 17.7 Å². The van der Waals surface area contributed by atoms with Crippen LogP contribution in [-0.2, 0) is 11.9 Å². The van der Waals surface area contributed by atoms with Gasteiger partial charge < -0.3 is 9.84 Å². The number of hydrogen-bond donors (Lipinski definition) is 1. The summed E-state index contributed by atoms with van der Waals surface area (Å²) in [4.78, 5) is 11.5. The van der Waals surface area contributed by atoms with Gasteiger partial charge in [-0.25, -0.2) is 4.79 Å². The molecule has 23 heavy (non-hydrogen) atoms. The second-order valence-corrected chi connectivity index (χ2v) is 5.67. The Balaban J connectivity index is 2.19. The Bertz CT molecular complexity index is 697. The number of methoxy groups -OCH3 is 1. The maximum atomic E-state index is 12.7. The molecular formula is C16H13F3O3S. The van der Waals surface area contributed by atoms with Crippen LogP contribution in [0.3, 0.4) is 0 Å². The summed E-state index contributed by atoms with van der Waals surface area (Å²) in [7, 11) is 1.55. The summed E-state index contributed by atoms with van der Waals surface area (Å²) < 4.78 is 43.1. The van der Waals surface area contributed by atoms with Gasteiger partial charge in [0.15, 0.2) is 0 Å². The van der Waals surface area contributed by atoms with E-state index in [9.17, 15) is 18.0 Å². The van der Waals surface area contributed by atoms with Crippen LogP contribution in [0.4, 0.5) is 13.2 Å². The van der Waals surface area contributed by atoms with Crippen molar-refractivity contribution in [1.82, 2.24) is 0 Å². The first kappa shape index (κ1) is 17.2. The largest absolute Gasteiger partial charge is 0.497 e. The summed E-state index contributed by atoms with van der Waals surface area (Å²) in [5, 5.41) is 9.12. The SMILES string of the molecule is COc1ccc(CSc2ccc(C(F)(F)F)cc2C(=O)O)cc1. The van der Waals surface area contributed by atoms with Gasteiger partial charge in [0.25, 0.3) is 0 Å². The van der Waals surface area contributed by atoms with Crippen LogP contribution in [0.15, 0.2) is 47.4 Å². The number of thioether (sulfide) groups is 1. The van der Waals surface area contributed by atoms with E-state index in [2.05, 4.69) is 0 Å². The Morgan fingerprint density at radius 2 is 1.83 bits per heavy atom. The number of carboxylic acids is 1. The fraction of sp³-hybridized carbons (Fsp3) is 0.188. The minimum Gasteiger partial charge on any atom is -0.497 e. The summed E-state index contributed by atoms with van der Waals surface area (Å²) >= 11 is 1.17. The maximum absolute atomic E-state index is 12.7. The molecule has 0 fully saturated rings. The molecule has 0 heterocycles. The van der Waals surface area contributed by atoms with Gasteiger partial charge in [0.1, 0.15) is 5.75 Å². The maximum Gasteiger partial charge on any atom is 0.416 e. The molecule has 0 aliphatic carbocycles. The molecular weight excluding hydrogens is 329 g/mol. The van der Waals surface area contributed by atoms with E-state index in [0.717, 1.165) is 11.6 Å². The van der Waals surface area contributed by atoms with Gasteiger partial charge in [0, 0.05) is 10.6 Å². The average molecular weight is 342 g/mol. The van der Waals surface area contributed by atoms with Crippen molar-refractivity contribution in [1.29, 1.82) is 0 Å². The van der Waals surface area contributed by atoms with Gasteiger partial charge >= 0.3 is 12.1 Å². The first-order valence-electron chi connectivity index (χ1n) is 6.51. The lowest BCUT2D eigenvalue weighted by Crippen LogP contribution is -2.08.